The predicted molar refractivity (Wildman–Crippen MR) is 113 cm³/mol. The Hall–Kier alpha value is -3.41. The Labute approximate surface area is 170 Å². The van der Waals surface area contributed by atoms with E-state index in [2.05, 4.69) is 22.2 Å². The molecule has 0 fully saturated rings. The Kier molecular flexibility index (Phi) is 6.44. The lowest BCUT2D eigenvalue weighted by Crippen LogP contribution is -2.15. The van der Waals surface area contributed by atoms with Gasteiger partial charge in [0.25, 0.3) is 5.91 Å². The van der Waals surface area contributed by atoms with E-state index in [-0.39, 0.29) is 17.4 Å². The molecule has 0 radical (unpaired) electrons. The highest BCUT2D eigenvalue weighted by Crippen LogP contribution is 2.33. The number of nitrogens with one attached hydrogen (secondary N) is 1. The number of carbonyl (C=O) groups excluding carboxylic acids is 1. The van der Waals surface area contributed by atoms with Crippen LogP contribution in [0.2, 0.25) is 0 Å². The van der Waals surface area contributed by atoms with Crippen LogP contribution in [0.25, 0.3) is 0 Å². The molecule has 0 bridgehead atoms. The average Bonchev–Trinajstić information content (AvgIpc) is 2.72. The van der Waals surface area contributed by atoms with Gasteiger partial charge in [-0.2, -0.15) is 0 Å². The quantitative estimate of drug-likeness (QED) is 0.607. The number of hydrogen-bond acceptors (Lipinski definition) is 5. The summed E-state index contributed by atoms with van der Waals surface area (Å²) in [6, 6.07) is 11.6. The molecule has 3 aromatic rings. The number of carbonyl (C=O) groups is 1. The first-order chi connectivity index (χ1) is 14.0. The first-order valence-electron chi connectivity index (χ1n) is 9.55. The van der Waals surface area contributed by atoms with Gasteiger partial charge in [-0.1, -0.05) is 37.6 Å². The zero-order valence-electron chi connectivity index (χ0n) is 17.2. The van der Waals surface area contributed by atoms with Crippen LogP contribution in [0.5, 0.6) is 17.4 Å². The number of aryl methyl sites for hydroxylation is 3. The largest absolute Gasteiger partial charge is 0.493 e. The maximum Gasteiger partial charge on any atom is 0.262 e. The van der Waals surface area contributed by atoms with Crippen LogP contribution in [-0.2, 0) is 6.42 Å². The number of methoxy groups -OCH3 is 1. The number of para-hydroxylation sites is 1. The van der Waals surface area contributed by atoms with Crippen LogP contribution in [0, 0.1) is 13.8 Å². The highest BCUT2D eigenvalue weighted by molar-refractivity contribution is 6.06. The van der Waals surface area contributed by atoms with Crippen LogP contribution in [0.15, 0.2) is 48.9 Å². The van der Waals surface area contributed by atoms with E-state index in [1.807, 2.05) is 50.2 Å². The molecule has 150 valence electrons. The van der Waals surface area contributed by atoms with Crippen LogP contribution in [-0.4, -0.2) is 23.0 Å². The fourth-order valence-electron chi connectivity index (χ4n) is 3.09. The van der Waals surface area contributed by atoms with Crippen LogP contribution in [0.4, 0.5) is 5.69 Å². The standard InChI is InChI=1S/C23H25N3O3/c1-5-7-17-10-11-19(20(12-17)28-4)29-23-18(13-24-14-25-23)22(27)26-21-15(2)8-6-9-16(21)3/h6,8-14H,5,7H2,1-4H3,(H,26,27). The van der Waals surface area contributed by atoms with Crippen molar-refractivity contribution in [3.05, 3.63) is 71.2 Å². The highest BCUT2D eigenvalue weighted by Gasteiger charge is 2.18. The minimum atomic E-state index is -0.334. The molecule has 2 aromatic carbocycles. The summed E-state index contributed by atoms with van der Waals surface area (Å²) in [7, 11) is 1.59. The van der Waals surface area contributed by atoms with Crippen molar-refractivity contribution in [2.45, 2.75) is 33.6 Å². The molecular formula is C23H25N3O3. The number of aromatic nitrogens is 2. The molecule has 0 saturated carbocycles. The summed E-state index contributed by atoms with van der Waals surface area (Å²) >= 11 is 0. The van der Waals surface area contributed by atoms with E-state index in [1.165, 1.54) is 12.5 Å². The molecule has 1 heterocycles. The number of benzene rings is 2. The molecule has 6 heteroatoms. The van der Waals surface area contributed by atoms with Gasteiger partial charge < -0.3 is 14.8 Å². The summed E-state index contributed by atoms with van der Waals surface area (Å²) in [4.78, 5) is 21.1. The fraction of sp³-hybridized carbons (Fsp3) is 0.261. The molecule has 0 spiro atoms. The molecule has 1 N–H and O–H groups in total. The Bertz CT molecular complexity index is 998. The van der Waals surface area contributed by atoms with E-state index in [9.17, 15) is 4.79 Å². The highest BCUT2D eigenvalue weighted by atomic mass is 16.5. The maximum absolute atomic E-state index is 12.9. The second-order valence-electron chi connectivity index (χ2n) is 6.80. The van der Waals surface area contributed by atoms with Crippen molar-refractivity contribution in [1.82, 2.24) is 9.97 Å². The van der Waals surface area contributed by atoms with Gasteiger partial charge in [0.1, 0.15) is 11.9 Å². The Balaban J connectivity index is 1.89. The van der Waals surface area contributed by atoms with Crippen molar-refractivity contribution in [2.24, 2.45) is 0 Å². The molecule has 29 heavy (non-hydrogen) atoms. The Morgan fingerprint density at radius 1 is 1.10 bits per heavy atom. The van der Waals surface area contributed by atoms with Crippen molar-refractivity contribution in [2.75, 3.05) is 12.4 Å². The third kappa shape index (κ3) is 4.71. The van der Waals surface area contributed by atoms with Crippen molar-refractivity contribution < 1.29 is 14.3 Å². The molecule has 6 nitrogen and oxygen atoms in total. The summed E-state index contributed by atoms with van der Waals surface area (Å²) in [6.07, 6.45) is 4.79. The first-order valence-corrected chi connectivity index (χ1v) is 9.55. The molecule has 0 aliphatic carbocycles. The zero-order chi connectivity index (χ0) is 20.8. The smallest absolute Gasteiger partial charge is 0.262 e. The third-order valence-corrected chi connectivity index (χ3v) is 4.61. The summed E-state index contributed by atoms with van der Waals surface area (Å²) in [5, 5.41) is 2.95. The molecule has 1 amide bonds. The summed E-state index contributed by atoms with van der Waals surface area (Å²) in [6.45, 7) is 6.02. The molecule has 0 unspecified atom stereocenters. The van der Waals surface area contributed by atoms with Gasteiger partial charge in [0.2, 0.25) is 5.88 Å². The fourth-order valence-corrected chi connectivity index (χ4v) is 3.09. The van der Waals surface area contributed by atoms with Gasteiger partial charge in [-0.15, -0.1) is 0 Å². The van der Waals surface area contributed by atoms with Gasteiger partial charge in [-0.05, 0) is 49.1 Å². The van der Waals surface area contributed by atoms with E-state index in [1.54, 1.807) is 7.11 Å². The number of anilines is 1. The van der Waals surface area contributed by atoms with Gasteiger partial charge in [0.05, 0.1) is 7.11 Å². The number of nitrogens with zero attached hydrogens (tertiary/aromatic N) is 2. The summed E-state index contributed by atoms with van der Waals surface area (Å²) in [5.74, 6) is 0.924. The van der Waals surface area contributed by atoms with E-state index >= 15 is 0 Å². The molecular weight excluding hydrogens is 366 g/mol. The maximum atomic E-state index is 12.9. The lowest BCUT2D eigenvalue weighted by molar-refractivity contribution is 0.102. The van der Waals surface area contributed by atoms with Crippen molar-refractivity contribution in [3.63, 3.8) is 0 Å². The predicted octanol–water partition coefficient (Wildman–Crippen LogP) is 5.10. The summed E-state index contributed by atoms with van der Waals surface area (Å²) < 4.78 is 11.4. The lowest BCUT2D eigenvalue weighted by Gasteiger charge is -2.14. The Morgan fingerprint density at radius 2 is 1.86 bits per heavy atom. The molecule has 1 aromatic heterocycles. The lowest BCUT2D eigenvalue weighted by atomic mass is 10.1. The van der Waals surface area contributed by atoms with Crippen LogP contribution in [0.1, 0.15) is 40.4 Å². The minimum Gasteiger partial charge on any atom is -0.493 e. The van der Waals surface area contributed by atoms with Crippen molar-refractivity contribution in [3.8, 4) is 17.4 Å². The monoisotopic (exact) mass is 391 g/mol. The second kappa shape index (κ2) is 9.19. The molecule has 0 aliphatic rings. The van der Waals surface area contributed by atoms with Gasteiger partial charge in [0, 0.05) is 11.9 Å². The topological polar surface area (TPSA) is 73.3 Å². The van der Waals surface area contributed by atoms with Crippen molar-refractivity contribution >= 4 is 11.6 Å². The van der Waals surface area contributed by atoms with Crippen LogP contribution < -0.4 is 14.8 Å². The van der Waals surface area contributed by atoms with E-state index in [0.29, 0.717) is 11.5 Å². The van der Waals surface area contributed by atoms with Crippen LogP contribution >= 0.6 is 0 Å². The van der Waals surface area contributed by atoms with E-state index in [4.69, 9.17) is 9.47 Å². The average molecular weight is 391 g/mol. The molecule has 0 atom stereocenters. The third-order valence-electron chi connectivity index (χ3n) is 4.61. The van der Waals surface area contributed by atoms with Gasteiger partial charge >= 0.3 is 0 Å². The first kappa shape index (κ1) is 20.3. The Morgan fingerprint density at radius 3 is 2.55 bits per heavy atom. The van der Waals surface area contributed by atoms with Crippen molar-refractivity contribution in [1.29, 1.82) is 0 Å². The van der Waals surface area contributed by atoms with Gasteiger partial charge in [-0.3, -0.25) is 4.79 Å². The van der Waals surface area contributed by atoms with E-state index < -0.39 is 0 Å². The molecule has 0 saturated heterocycles. The van der Waals surface area contributed by atoms with Crippen LogP contribution in [0.3, 0.4) is 0 Å². The normalized spacial score (nSPS) is 10.5. The number of ether oxygens (including phenoxy) is 2. The zero-order valence-corrected chi connectivity index (χ0v) is 17.2. The summed E-state index contributed by atoms with van der Waals surface area (Å²) in [5.41, 5.74) is 4.13. The minimum absolute atomic E-state index is 0.172. The van der Waals surface area contributed by atoms with E-state index in [0.717, 1.165) is 35.2 Å². The SMILES string of the molecule is CCCc1ccc(Oc2ncncc2C(=O)Nc2c(C)cccc2C)c(OC)c1. The second-order valence-corrected chi connectivity index (χ2v) is 6.80. The number of hydrogen-bond donors (Lipinski definition) is 1. The molecule has 3 rings (SSSR count). The number of amides is 1. The van der Waals surface area contributed by atoms with Gasteiger partial charge in [0.15, 0.2) is 11.5 Å². The van der Waals surface area contributed by atoms with Gasteiger partial charge in [-0.25, -0.2) is 9.97 Å². The molecule has 0 aliphatic heterocycles. The number of rotatable bonds is 7.